The van der Waals surface area contributed by atoms with Crippen molar-refractivity contribution in [2.45, 2.75) is 32.7 Å². The summed E-state index contributed by atoms with van der Waals surface area (Å²) in [6, 6.07) is 1.76. The number of nitrogens with one attached hydrogen (secondary N) is 2. The van der Waals surface area contributed by atoms with Gasteiger partial charge in [-0.25, -0.2) is 0 Å². The van der Waals surface area contributed by atoms with Gasteiger partial charge in [-0.15, -0.1) is 0 Å². The predicted octanol–water partition coefficient (Wildman–Crippen LogP) is 2.36. The van der Waals surface area contributed by atoms with Crippen molar-refractivity contribution >= 4 is 5.91 Å². The second kappa shape index (κ2) is 5.30. The van der Waals surface area contributed by atoms with E-state index in [0.29, 0.717) is 11.5 Å². The summed E-state index contributed by atoms with van der Waals surface area (Å²) in [5.74, 6) is 0.241. The van der Waals surface area contributed by atoms with Crippen LogP contribution in [0, 0.1) is 0 Å². The smallest absolute Gasteiger partial charge is 0.253 e. The number of hydrogen-bond donors (Lipinski definition) is 2. The zero-order valence-corrected chi connectivity index (χ0v) is 11.8. The first-order valence-corrected chi connectivity index (χ1v) is 6.45. The van der Waals surface area contributed by atoms with Crippen LogP contribution in [0.4, 0.5) is 0 Å². The van der Waals surface area contributed by atoms with Gasteiger partial charge in [-0.1, -0.05) is 13.8 Å². The monoisotopic (exact) mass is 260 g/mol. The molecular weight excluding hydrogens is 240 g/mol. The molecule has 0 saturated heterocycles. The highest BCUT2D eigenvalue weighted by atomic mass is 16.1. The Morgan fingerprint density at radius 3 is 2.74 bits per heavy atom. The van der Waals surface area contributed by atoms with Gasteiger partial charge in [-0.3, -0.25) is 9.48 Å². The van der Waals surface area contributed by atoms with Crippen LogP contribution < -0.4 is 5.32 Å². The Balaban J connectivity index is 2.10. The van der Waals surface area contributed by atoms with Crippen LogP contribution in [0.15, 0.2) is 24.7 Å². The average Bonchev–Trinajstić information content (AvgIpc) is 2.96. The molecule has 0 aliphatic rings. The summed E-state index contributed by atoms with van der Waals surface area (Å²) < 4.78 is 1.73. The van der Waals surface area contributed by atoms with E-state index >= 15 is 0 Å². The van der Waals surface area contributed by atoms with Crippen LogP contribution >= 0.6 is 0 Å². The molecule has 2 heterocycles. The first-order chi connectivity index (χ1) is 8.99. The highest BCUT2D eigenvalue weighted by Crippen LogP contribution is 2.19. The van der Waals surface area contributed by atoms with E-state index in [1.807, 2.05) is 26.2 Å². The van der Waals surface area contributed by atoms with Gasteiger partial charge in [0.2, 0.25) is 0 Å². The fourth-order valence-electron chi connectivity index (χ4n) is 2.08. The molecule has 0 aliphatic carbocycles. The molecule has 1 amide bonds. The SMILES string of the molecule is CC(C)c1[nH]ccc1C(=O)N[C@@H](C)c1cnn(C)c1. The van der Waals surface area contributed by atoms with Crippen molar-refractivity contribution in [1.82, 2.24) is 20.1 Å². The highest BCUT2D eigenvalue weighted by Gasteiger charge is 2.17. The summed E-state index contributed by atoms with van der Waals surface area (Å²) in [6.07, 6.45) is 5.48. The molecule has 0 spiro atoms. The van der Waals surface area contributed by atoms with E-state index < -0.39 is 0 Å². The predicted molar refractivity (Wildman–Crippen MR) is 74.0 cm³/mol. The molecule has 2 N–H and O–H groups in total. The molecule has 19 heavy (non-hydrogen) atoms. The normalized spacial score (nSPS) is 12.7. The topological polar surface area (TPSA) is 62.7 Å². The molecule has 102 valence electrons. The molecule has 5 nitrogen and oxygen atoms in total. The third-order valence-corrected chi connectivity index (χ3v) is 3.17. The number of carbonyl (C=O) groups is 1. The Hall–Kier alpha value is -2.04. The fourth-order valence-corrected chi connectivity index (χ4v) is 2.08. The van der Waals surface area contributed by atoms with Crippen LogP contribution in [0.1, 0.15) is 54.3 Å². The number of aromatic amines is 1. The van der Waals surface area contributed by atoms with Crippen molar-refractivity contribution < 1.29 is 4.79 Å². The van der Waals surface area contributed by atoms with Crippen LogP contribution in [0.2, 0.25) is 0 Å². The van der Waals surface area contributed by atoms with Gasteiger partial charge in [-0.05, 0) is 18.9 Å². The minimum absolute atomic E-state index is 0.0543. The van der Waals surface area contributed by atoms with Crippen molar-refractivity contribution in [3.63, 3.8) is 0 Å². The summed E-state index contributed by atoms with van der Waals surface area (Å²) in [6.45, 7) is 6.08. The molecule has 0 saturated carbocycles. The fraction of sp³-hybridized carbons (Fsp3) is 0.429. The van der Waals surface area contributed by atoms with E-state index in [1.165, 1.54) is 0 Å². The number of rotatable bonds is 4. The number of aryl methyl sites for hydroxylation is 1. The molecule has 5 heteroatoms. The van der Waals surface area contributed by atoms with Crippen molar-refractivity contribution in [3.8, 4) is 0 Å². The van der Waals surface area contributed by atoms with Gasteiger partial charge >= 0.3 is 0 Å². The lowest BCUT2D eigenvalue weighted by Crippen LogP contribution is -2.27. The molecule has 0 fully saturated rings. The summed E-state index contributed by atoms with van der Waals surface area (Å²) >= 11 is 0. The molecule has 0 aromatic carbocycles. The molecule has 2 aromatic rings. The number of carbonyl (C=O) groups excluding carboxylic acids is 1. The lowest BCUT2D eigenvalue weighted by Gasteiger charge is -2.13. The Morgan fingerprint density at radius 2 is 2.16 bits per heavy atom. The van der Waals surface area contributed by atoms with Gasteiger partial charge in [0.15, 0.2) is 0 Å². The molecule has 0 aliphatic heterocycles. The lowest BCUT2D eigenvalue weighted by molar-refractivity contribution is 0.0938. The number of H-pyrrole nitrogens is 1. The molecular formula is C14H20N4O. The van der Waals surface area contributed by atoms with Crippen LogP contribution in [-0.4, -0.2) is 20.7 Å². The Labute approximate surface area is 113 Å². The maximum absolute atomic E-state index is 12.3. The van der Waals surface area contributed by atoms with Crippen LogP contribution in [0.25, 0.3) is 0 Å². The molecule has 0 bridgehead atoms. The Kier molecular flexibility index (Phi) is 3.74. The summed E-state index contributed by atoms with van der Waals surface area (Å²) in [5.41, 5.74) is 2.68. The number of hydrogen-bond acceptors (Lipinski definition) is 2. The standard InChI is InChI=1S/C14H20N4O/c1-9(2)13-12(5-6-15-13)14(19)17-10(3)11-7-16-18(4)8-11/h5-10,15H,1-4H3,(H,17,19)/t10-/m0/s1. The molecule has 2 rings (SSSR count). The summed E-state index contributed by atoms with van der Waals surface area (Å²) in [4.78, 5) is 15.4. The van der Waals surface area contributed by atoms with E-state index in [1.54, 1.807) is 17.1 Å². The van der Waals surface area contributed by atoms with E-state index in [-0.39, 0.29) is 11.9 Å². The molecule has 0 radical (unpaired) electrons. The van der Waals surface area contributed by atoms with E-state index in [2.05, 4.69) is 29.2 Å². The first-order valence-electron chi connectivity index (χ1n) is 6.45. The van der Waals surface area contributed by atoms with Crippen molar-refractivity contribution in [1.29, 1.82) is 0 Å². The van der Waals surface area contributed by atoms with Crippen molar-refractivity contribution in [3.05, 3.63) is 41.5 Å². The third kappa shape index (κ3) is 2.86. The Morgan fingerprint density at radius 1 is 1.42 bits per heavy atom. The quantitative estimate of drug-likeness (QED) is 0.886. The third-order valence-electron chi connectivity index (χ3n) is 3.17. The van der Waals surface area contributed by atoms with Gasteiger partial charge in [0.25, 0.3) is 5.91 Å². The van der Waals surface area contributed by atoms with Gasteiger partial charge in [0.05, 0.1) is 17.8 Å². The minimum atomic E-state index is -0.0592. The molecule has 0 unspecified atom stereocenters. The zero-order chi connectivity index (χ0) is 14.0. The maximum atomic E-state index is 12.3. The summed E-state index contributed by atoms with van der Waals surface area (Å²) in [7, 11) is 1.86. The molecule has 2 aromatic heterocycles. The number of aromatic nitrogens is 3. The number of amides is 1. The van der Waals surface area contributed by atoms with Crippen molar-refractivity contribution in [2.24, 2.45) is 7.05 Å². The van der Waals surface area contributed by atoms with E-state index in [4.69, 9.17) is 0 Å². The van der Waals surface area contributed by atoms with E-state index in [9.17, 15) is 4.79 Å². The summed E-state index contributed by atoms with van der Waals surface area (Å²) in [5, 5.41) is 7.11. The van der Waals surface area contributed by atoms with Crippen LogP contribution in [0.5, 0.6) is 0 Å². The van der Waals surface area contributed by atoms with Gasteiger partial charge in [-0.2, -0.15) is 5.10 Å². The maximum Gasteiger partial charge on any atom is 0.253 e. The van der Waals surface area contributed by atoms with Gasteiger partial charge in [0.1, 0.15) is 0 Å². The second-order valence-electron chi connectivity index (χ2n) is 5.10. The zero-order valence-electron chi connectivity index (χ0n) is 11.8. The van der Waals surface area contributed by atoms with Gasteiger partial charge in [0, 0.05) is 30.7 Å². The molecule has 1 atom stereocenters. The minimum Gasteiger partial charge on any atom is -0.364 e. The average molecular weight is 260 g/mol. The lowest BCUT2D eigenvalue weighted by atomic mass is 10.1. The highest BCUT2D eigenvalue weighted by molar-refractivity contribution is 5.95. The van der Waals surface area contributed by atoms with E-state index in [0.717, 1.165) is 11.3 Å². The largest absolute Gasteiger partial charge is 0.364 e. The van der Waals surface area contributed by atoms with Crippen molar-refractivity contribution in [2.75, 3.05) is 0 Å². The first kappa shape index (κ1) is 13.4. The second-order valence-corrected chi connectivity index (χ2v) is 5.10. The Bertz CT molecular complexity index is 568. The number of nitrogens with zero attached hydrogens (tertiary/aromatic N) is 2. The van der Waals surface area contributed by atoms with Crippen LogP contribution in [-0.2, 0) is 7.05 Å². The van der Waals surface area contributed by atoms with Gasteiger partial charge < -0.3 is 10.3 Å². The van der Waals surface area contributed by atoms with Crippen LogP contribution in [0.3, 0.4) is 0 Å².